The molecule has 1 fully saturated rings. The molecule has 156 valence electrons. The van der Waals surface area contributed by atoms with Crippen molar-refractivity contribution in [2.75, 3.05) is 20.2 Å². The summed E-state index contributed by atoms with van der Waals surface area (Å²) in [5, 5.41) is 20.4. The molecular weight excluding hydrogens is 366 g/mol. The average molecular weight is 398 g/mol. The van der Waals surface area contributed by atoms with Crippen LogP contribution in [0.5, 0.6) is 17.2 Å². The maximum absolute atomic E-state index is 13.2. The molecule has 1 amide bonds. The van der Waals surface area contributed by atoms with Crippen molar-refractivity contribution in [3.8, 4) is 17.2 Å². The lowest BCUT2D eigenvalue weighted by molar-refractivity contribution is -0.134. The molecule has 0 spiro atoms. The number of phenols is 2. The van der Waals surface area contributed by atoms with Gasteiger partial charge in [0.1, 0.15) is 17.2 Å². The summed E-state index contributed by atoms with van der Waals surface area (Å²) in [6.07, 6.45) is 1.37. The zero-order chi connectivity index (χ0) is 21.1. The molecule has 0 radical (unpaired) electrons. The number of nitrogens with zero attached hydrogens (tertiary/aromatic N) is 1. The van der Waals surface area contributed by atoms with Crippen LogP contribution in [0.1, 0.15) is 49.3 Å². The summed E-state index contributed by atoms with van der Waals surface area (Å²) in [7, 11) is 1.57. The number of rotatable bonds is 5. The molecule has 1 aliphatic heterocycles. The summed E-state index contributed by atoms with van der Waals surface area (Å²) < 4.78 is 5.56. The largest absolute Gasteiger partial charge is 0.508 e. The van der Waals surface area contributed by atoms with Gasteiger partial charge in [0.2, 0.25) is 5.91 Å². The van der Waals surface area contributed by atoms with Crippen molar-refractivity contribution in [3.63, 3.8) is 0 Å². The second kappa shape index (κ2) is 8.76. The minimum Gasteiger partial charge on any atom is -0.508 e. The Morgan fingerprint density at radius 2 is 1.76 bits per heavy atom. The number of likely N-dealkylation sites (tertiary alicyclic amines) is 1. The van der Waals surface area contributed by atoms with Crippen LogP contribution in [0.4, 0.5) is 0 Å². The molecule has 3 rings (SSSR count). The van der Waals surface area contributed by atoms with E-state index >= 15 is 0 Å². The molecule has 0 aliphatic carbocycles. The normalized spacial score (nSPS) is 20.3. The molecule has 2 aromatic rings. The molecule has 0 aromatic heterocycles. The van der Waals surface area contributed by atoms with Crippen LogP contribution in [-0.2, 0) is 4.79 Å². The third kappa shape index (κ3) is 4.84. The maximum atomic E-state index is 13.2. The first-order valence-corrected chi connectivity index (χ1v) is 10.2. The first-order chi connectivity index (χ1) is 13.8. The summed E-state index contributed by atoms with van der Waals surface area (Å²) in [4.78, 5) is 15.2. The Morgan fingerprint density at radius 3 is 2.34 bits per heavy atom. The zero-order valence-corrected chi connectivity index (χ0v) is 17.7. The Hall–Kier alpha value is -2.69. The van der Waals surface area contributed by atoms with Crippen molar-refractivity contribution >= 4 is 5.91 Å². The van der Waals surface area contributed by atoms with Gasteiger partial charge in [-0.05, 0) is 60.6 Å². The molecular formula is C24H31NO4. The van der Waals surface area contributed by atoms with Gasteiger partial charge in [-0.1, -0.05) is 26.0 Å². The standard InChI is InChI=1S/C24H31NO4/c1-15-10-21(27)24(22(11-15)29-4)20(18-5-7-19(26)8-6-18)12-23(28)25-13-16(2)9-17(3)14-25/h5-8,10-11,16-17,20,26-27H,9,12-14H2,1-4H3. The van der Waals surface area contributed by atoms with Gasteiger partial charge < -0.3 is 19.8 Å². The van der Waals surface area contributed by atoms with Gasteiger partial charge in [-0.3, -0.25) is 4.79 Å². The highest BCUT2D eigenvalue weighted by Gasteiger charge is 2.30. The third-order valence-electron chi connectivity index (χ3n) is 5.73. The summed E-state index contributed by atoms with van der Waals surface area (Å²) in [5.74, 6) is 1.52. The van der Waals surface area contributed by atoms with E-state index in [0.29, 0.717) is 23.1 Å². The summed E-state index contributed by atoms with van der Waals surface area (Å²) in [6.45, 7) is 7.79. The van der Waals surface area contributed by atoms with Gasteiger partial charge in [0.25, 0.3) is 0 Å². The highest BCUT2D eigenvalue weighted by molar-refractivity contribution is 5.78. The van der Waals surface area contributed by atoms with Crippen molar-refractivity contribution in [2.24, 2.45) is 11.8 Å². The Morgan fingerprint density at radius 1 is 1.14 bits per heavy atom. The van der Waals surface area contributed by atoms with Crippen LogP contribution in [-0.4, -0.2) is 41.2 Å². The first kappa shape index (κ1) is 21.0. The quantitative estimate of drug-likeness (QED) is 0.782. The monoisotopic (exact) mass is 397 g/mol. The van der Waals surface area contributed by atoms with E-state index in [4.69, 9.17) is 4.74 Å². The molecule has 5 heteroatoms. The number of phenolic OH excluding ortho intramolecular Hbond substituents is 2. The molecule has 3 unspecified atom stereocenters. The Balaban J connectivity index is 1.99. The number of hydrogen-bond donors (Lipinski definition) is 2. The molecule has 0 bridgehead atoms. The van der Waals surface area contributed by atoms with Crippen LogP contribution in [0.2, 0.25) is 0 Å². The number of aryl methyl sites for hydroxylation is 1. The van der Waals surface area contributed by atoms with E-state index in [9.17, 15) is 15.0 Å². The number of aromatic hydroxyl groups is 2. The number of carbonyl (C=O) groups is 1. The summed E-state index contributed by atoms with van der Waals surface area (Å²) >= 11 is 0. The predicted molar refractivity (Wildman–Crippen MR) is 113 cm³/mol. The number of ether oxygens (including phenoxy) is 1. The van der Waals surface area contributed by atoms with Gasteiger partial charge in [-0.25, -0.2) is 0 Å². The lowest BCUT2D eigenvalue weighted by Gasteiger charge is -2.36. The van der Waals surface area contributed by atoms with Crippen LogP contribution in [0, 0.1) is 18.8 Å². The second-order valence-corrected chi connectivity index (χ2v) is 8.49. The third-order valence-corrected chi connectivity index (χ3v) is 5.73. The number of carbonyl (C=O) groups excluding carboxylic acids is 1. The van der Waals surface area contributed by atoms with Crippen molar-refractivity contribution in [2.45, 2.75) is 39.5 Å². The SMILES string of the molecule is COc1cc(C)cc(O)c1C(CC(=O)N1CC(C)CC(C)C1)c1ccc(O)cc1. The number of methoxy groups -OCH3 is 1. The van der Waals surface area contributed by atoms with E-state index in [1.54, 1.807) is 37.4 Å². The number of benzene rings is 2. The maximum Gasteiger partial charge on any atom is 0.223 e. The minimum absolute atomic E-state index is 0.0727. The van der Waals surface area contributed by atoms with Gasteiger partial charge in [0, 0.05) is 31.0 Å². The molecule has 2 N–H and O–H groups in total. The van der Waals surface area contributed by atoms with Crippen LogP contribution in [0.25, 0.3) is 0 Å². The molecule has 3 atom stereocenters. The summed E-state index contributed by atoms with van der Waals surface area (Å²) in [5.41, 5.74) is 2.35. The van der Waals surface area contributed by atoms with Crippen molar-refractivity contribution in [1.29, 1.82) is 0 Å². The second-order valence-electron chi connectivity index (χ2n) is 8.49. The van der Waals surface area contributed by atoms with Crippen LogP contribution in [0.15, 0.2) is 36.4 Å². The van der Waals surface area contributed by atoms with Crippen molar-refractivity contribution < 1.29 is 19.7 Å². The van der Waals surface area contributed by atoms with Gasteiger partial charge in [0.05, 0.1) is 7.11 Å². The molecule has 1 heterocycles. The highest BCUT2D eigenvalue weighted by atomic mass is 16.5. The fourth-order valence-electron chi connectivity index (χ4n) is 4.53. The fourth-order valence-corrected chi connectivity index (χ4v) is 4.53. The highest BCUT2D eigenvalue weighted by Crippen LogP contribution is 2.42. The van der Waals surface area contributed by atoms with Crippen LogP contribution in [0.3, 0.4) is 0 Å². The van der Waals surface area contributed by atoms with Crippen molar-refractivity contribution in [1.82, 2.24) is 4.90 Å². The van der Waals surface area contributed by atoms with E-state index in [0.717, 1.165) is 30.6 Å². The molecule has 0 saturated carbocycles. The topological polar surface area (TPSA) is 70.0 Å². The molecule has 2 aromatic carbocycles. The minimum atomic E-state index is -0.369. The number of hydrogen-bond acceptors (Lipinski definition) is 4. The van der Waals surface area contributed by atoms with E-state index in [2.05, 4.69) is 13.8 Å². The lowest BCUT2D eigenvalue weighted by Crippen LogP contribution is -2.43. The first-order valence-electron chi connectivity index (χ1n) is 10.2. The molecule has 1 aliphatic rings. The molecule has 29 heavy (non-hydrogen) atoms. The smallest absolute Gasteiger partial charge is 0.223 e. The molecule has 1 saturated heterocycles. The van der Waals surface area contributed by atoms with Gasteiger partial charge >= 0.3 is 0 Å². The van der Waals surface area contributed by atoms with Gasteiger partial charge in [-0.15, -0.1) is 0 Å². The Kier molecular flexibility index (Phi) is 6.36. The predicted octanol–water partition coefficient (Wildman–Crippen LogP) is 4.44. The Labute approximate surface area is 172 Å². The average Bonchev–Trinajstić information content (AvgIpc) is 2.66. The van der Waals surface area contributed by atoms with Gasteiger partial charge in [0.15, 0.2) is 0 Å². The number of amides is 1. The fraction of sp³-hybridized carbons (Fsp3) is 0.458. The van der Waals surface area contributed by atoms with Crippen LogP contribution >= 0.6 is 0 Å². The van der Waals surface area contributed by atoms with Gasteiger partial charge in [-0.2, -0.15) is 0 Å². The van der Waals surface area contributed by atoms with Crippen LogP contribution < -0.4 is 4.74 Å². The van der Waals surface area contributed by atoms with Crippen molar-refractivity contribution in [3.05, 3.63) is 53.1 Å². The zero-order valence-electron chi connectivity index (χ0n) is 17.7. The summed E-state index contributed by atoms with van der Waals surface area (Å²) in [6, 6.07) is 10.4. The number of piperidine rings is 1. The van der Waals surface area contributed by atoms with E-state index in [-0.39, 0.29) is 29.7 Å². The Bertz CT molecular complexity index is 852. The van der Waals surface area contributed by atoms with E-state index < -0.39 is 0 Å². The van der Waals surface area contributed by atoms with E-state index in [1.165, 1.54) is 0 Å². The molecule has 5 nitrogen and oxygen atoms in total. The van der Waals surface area contributed by atoms with E-state index in [1.807, 2.05) is 17.9 Å². The lowest BCUT2D eigenvalue weighted by atomic mass is 9.85.